The van der Waals surface area contributed by atoms with E-state index in [2.05, 4.69) is 50.6 Å². The second-order valence-corrected chi connectivity index (χ2v) is 9.99. The number of hydrogen-bond acceptors (Lipinski definition) is 5. The Balaban J connectivity index is 0.000000646. The first-order valence-corrected chi connectivity index (χ1v) is 14.1. The Morgan fingerprint density at radius 3 is 2.35 bits per heavy atom. The minimum Gasteiger partial charge on any atom is -0.475 e. The van der Waals surface area contributed by atoms with E-state index >= 15 is 0 Å². The molecule has 0 radical (unpaired) electrons. The molecule has 2 aromatic carbocycles. The maximum absolute atomic E-state index is 13.2. The summed E-state index contributed by atoms with van der Waals surface area (Å²) in [6.45, 7) is 2.46. The zero-order valence-electron chi connectivity index (χ0n) is 23.9. The number of halogens is 3. The highest BCUT2D eigenvalue weighted by atomic mass is 19.4. The topological polar surface area (TPSA) is 125 Å². The van der Waals surface area contributed by atoms with Crippen molar-refractivity contribution < 1.29 is 32.7 Å². The van der Waals surface area contributed by atoms with Gasteiger partial charge in [-0.2, -0.15) is 13.2 Å². The van der Waals surface area contributed by atoms with E-state index < -0.39 is 12.1 Å². The maximum Gasteiger partial charge on any atom is 0.490 e. The summed E-state index contributed by atoms with van der Waals surface area (Å²) in [5.74, 6) is -2.16. The Kier molecular flexibility index (Phi) is 12.4. The predicted octanol–water partition coefficient (Wildman–Crippen LogP) is 6.63. The highest BCUT2D eigenvalue weighted by Gasteiger charge is 2.38. The second-order valence-electron chi connectivity index (χ2n) is 9.99. The molecular formula is C32H35F3N4O4. The van der Waals surface area contributed by atoms with Gasteiger partial charge in [0.05, 0.1) is 17.8 Å². The van der Waals surface area contributed by atoms with E-state index in [9.17, 15) is 22.8 Å². The molecule has 2 heterocycles. The van der Waals surface area contributed by atoms with Crippen molar-refractivity contribution in [3.63, 3.8) is 0 Å². The number of carbonyl (C=O) groups excluding carboxylic acids is 2. The molecule has 0 aliphatic rings. The number of imidazole rings is 1. The smallest absolute Gasteiger partial charge is 0.475 e. The quantitative estimate of drug-likeness (QED) is 0.149. The molecule has 4 rings (SSSR count). The molecule has 43 heavy (non-hydrogen) atoms. The number of Topliss-reactive ketones (excluding diaryl/α,β-unsaturated/α-hetero) is 1. The van der Waals surface area contributed by atoms with Gasteiger partial charge in [0.2, 0.25) is 5.91 Å². The number of nitrogens with zero attached hydrogens (tertiary/aromatic N) is 2. The van der Waals surface area contributed by atoms with E-state index in [1.807, 2.05) is 37.4 Å². The van der Waals surface area contributed by atoms with Crippen molar-refractivity contribution in [1.82, 2.24) is 20.3 Å². The average Bonchev–Trinajstić information content (AvgIpc) is 3.49. The van der Waals surface area contributed by atoms with Crippen LogP contribution in [0, 0.1) is 0 Å². The molecular weight excluding hydrogens is 561 g/mol. The van der Waals surface area contributed by atoms with Crippen LogP contribution in [0.1, 0.15) is 62.8 Å². The summed E-state index contributed by atoms with van der Waals surface area (Å²) in [6.07, 6.45) is 5.56. The van der Waals surface area contributed by atoms with Crippen LogP contribution in [0.2, 0.25) is 0 Å². The molecule has 0 aliphatic heterocycles. The molecule has 1 unspecified atom stereocenters. The zero-order valence-corrected chi connectivity index (χ0v) is 23.9. The van der Waals surface area contributed by atoms with E-state index in [1.54, 1.807) is 12.4 Å². The number of benzene rings is 2. The number of pyridine rings is 1. The third kappa shape index (κ3) is 10.7. The maximum atomic E-state index is 13.2. The van der Waals surface area contributed by atoms with Crippen molar-refractivity contribution in [2.45, 2.75) is 64.0 Å². The molecule has 0 saturated heterocycles. The standard InChI is InChI=1S/C30H34N4O2.C2HF3O2/c1-2-26(35)10-4-3-5-11-27(30(36)32-19-16-22-14-17-31-18-15-22)29-33-21-28(34-29)25-13-12-23-8-6-7-9-24(23)20-25;3-2(4,5)1(6)7/h6-9,12-15,17-18,20-21,27H,2-5,10-11,16,19H2,1H3,(H,32,36)(H,33,34);(H,6,7). The third-order valence-electron chi connectivity index (χ3n) is 6.85. The van der Waals surface area contributed by atoms with Crippen LogP contribution in [-0.4, -0.2) is 50.4 Å². The summed E-state index contributed by atoms with van der Waals surface area (Å²) in [5.41, 5.74) is 3.08. The molecule has 3 N–H and O–H groups in total. The number of carboxylic acid groups (broad SMARTS) is 1. The van der Waals surface area contributed by atoms with E-state index in [-0.39, 0.29) is 11.8 Å². The van der Waals surface area contributed by atoms with Gasteiger partial charge in [0.1, 0.15) is 11.6 Å². The summed E-state index contributed by atoms with van der Waals surface area (Å²) >= 11 is 0. The number of aromatic nitrogens is 3. The fourth-order valence-electron chi connectivity index (χ4n) is 4.44. The Morgan fingerprint density at radius 1 is 0.977 bits per heavy atom. The van der Waals surface area contributed by atoms with Crippen molar-refractivity contribution in [3.8, 4) is 11.3 Å². The summed E-state index contributed by atoms with van der Waals surface area (Å²) in [4.78, 5) is 45.8. The van der Waals surface area contributed by atoms with E-state index in [4.69, 9.17) is 9.90 Å². The minimum absolute atomic E-state index is 0.0203. The highest BCUT2D eigenvalue weighted by Crippen LogP contribution is 2.27. The summed E-state index contributed by atoms with van der Waals surface area (Å²) in [7, 11) is 0. The molecule has 1 atom stereocenters. The van der Waals surface area contributed by atoms with Crippen LogP contribution in [0.25, 0.3) is 22.0 Å². The van der Waals surface area contributed by atoms with Gasteiger partial charge in [-0.3, -0.25) is 14.6 Å². The number of carbonyl (C=O) groups is 3. The number of rotatable bonds is 13. The van der Waals surface area contributed by atoms with Crippen LogP contribution in [0.5, 0.6) is 0 Å². The van der Waals surface area contributed by atoms with Crippen molar-refractivity contribution >= 4 is 28.4 Å². The highest BCUT2D eigenvalue weighted by molar-refractivity contribution is 5.87. The number of nitrogens with one attached hydrogen (secondary N) is 2. The van der Waals surface area contributed by atoms with Crippen LogP contribution in [0.3, 0.4) is 0 Å². The van der Waals surface area contributed by atoms with Gasteiger partial charge in [0, 0.05) is 37.3 Å². The molecule has 2 aromatic heterocycles. The number of aliphatic carboxylic acids is 1. The van der Waals surface area contributed by atoms with Gasteiger partial charge >= 0.3 is 12.1 Å². The lowest BCUT2D eigenvalue weighted by atomic mass is 9.98. The largest absolute Gasteiger partial charge is 0.490 e. The number of alkyl halides is 3. The molecule has 4 aromatic rings. The van der Waals surface area contributed by atoms with Gasteiger partial charge in [-0.25, -0.2) is 9.78 Å². The van der Waals surface area contributed by atoms with Crippen LogP contribution < -0.4 is 5.32 Å². The number of fused-ring (bicyclic) bond motifs is 1. The monoisotopic (exact) mass is 596 g/mol. The van der Waals surface area contributed by atoms with Gasteiger partial charge in [0.15, 0.2) is 0 Å². The third-order valence-corrected chi connectivity index (χ3v) is 6.85. The van der Waals surface area contributed by atoms with Gasteiger partial charge in [0.25, 0.3) is 0 Å². The minimum atomic E-state index is -5.08. The average molecular weight is 597 g/mol. The fraction of sp³-hybridized carbons (Fsp3) is 0.344. The van der Waals surface area contributed by atoms with Crippen LogP contribution in [-0.2, 0) is 20.8 Å². The van der Waals surface area contributed by atoms with Gasteiger partial charge in [-0.15, -0.1) is 0 Å². The number of H-pyrrole nitrogens is 1. The van der Waals surface area contributed by atoms with Gasteiger partial charge in [-0.1, -0.05) is 56.2 Å². The van der Waals surface area contributed by atoms with Crippen LogP contribution in [0.15, 0.2) is 73.2 Å². The Labute approximate surface area is 247 Å². The number of amides is 1. The predicted molar refractivity (Wildman–Crippen MR) is 157 cm³/mol. The lowest BCUT2D eigenvalue weighted by Gasteiger charge is -2.15. The molecule has 11 heteroatoms. The summed E-state index contributed by atoms with van der Waals surface area (Å²) in [6, 6.07) is 18.5. The number of carboxylic acids is 1. The Hall–Kier alpha value is -4.54. The first kappa shape index (κ1) is 33.0. The molecule has 1 amide bonds. The summed E-state index contributed by atoms with van der Waals surface area (Å²) < 4.78 is 31.7. The molecule has 0 saturated carbocycles. The lowest BCUT2D eigenvalue weighted by molar-refractivity contribution is -0.192. The summed E-state index contributed by atoms with van der Waals surface area (Å²) in [5, 5.41) is 12.6. The Bertz CT molecular complexity index is 1490. The van der Waals surface area contributed by atoms with Crippen LogP contribution >= 0.6 is 0 Å². The molecule has 0 fully saturated rings. The molecule has 228 valence electrons. The first-order valence-electron chi connectivity index (χ1n) is 14.1. The normalized spacial score (nSPS) is 11.8. The van der Waals surface area contributed by atoms with E-state index in [0.717, 1.165) is 47.9 Å². The lowest BCUT2D eigenvalue weighted by Crippen LogP contribution is -2.31. The van der Waals surface area contributed by atoms with Crippen molar-refractivity contribution in [2.24, 2.45) is 0 Å². The molecule has 0 bridgehead atoms. The van der Waals surface area contributed by atoms with Gasteiger partial charge in [-0.05, 0) is 53.8 Å². The van der Waals surface area contributed by atoms with E-state index in [0.29, 0.717) is 37.4 Å². The van der Waals surface area contributed by atoms with Crippen molar-refractivity contribution in [1.29, 1.82) is 0 Å². The Morgan fingerprint density at radius 2 is 1.67 bits per heavy atom. The van der Waals surface area contributed by atoms with Crippen molar-refractivity contribution in [3.05, 3.63) is 84.6 Å². The number of aromatic amines is 1. The molecule has 0 spiro atoms. The molecule has 0 aliphatic carbocycles. The SMILES string of the molecule is CCC(=O)CCCCCC(C(=O)NCCc1ccncc1)c1ncc(-c2ccc3ccccc3c2)[nH]1.O=C(O)C(F)(F)F. The van der Waals surface area contributed by atoms with E-state index in [1.165, 1.54) is 5.39 Å². The zero-order chi connectivity index (χ0) is 31.2. The molecule has 8 nitrogen and oxygen atoms in total. The van der Waals surface area contributed by atoms with Gasteiger partial charge < -0.3 is 15.4 Å². The number of hydrogen-bond donors (Lipinski definition) is 3. The number of ketones is 1. The second kappa shape index (κ2) is 16.2. The van der Waals surface area contributed by atoms with Crippen LogP contribution in [0.4, 0.5) is 13.2 Å². The number of unbranched alkanes of at least 4 members (excludes halogenated alkanes) is 2. The van der Waals surface area contributed by atoms with Crippen molar-refractivity contribution in [2.75, 3.05) is 6.54 Å². The fourth-order valence-corrected chi connectivity index (χ4v) is 4.44. The first-order chi connectivity index (χ1) is 20.6.